The molecule has 0 radical (unpaired) electrons. The van der Waals surface area contributed by atoms with Crippen LogP contribution in [0, 0.1) is 6.92 Å². The Balaban J connectivity index is 1.16. The number of anilines is 1. The molecule has 3 heterocycles. The lowest BCUT2D eigenvalue weighted by Gasteiger charge is -2.40. The largest absolute Gasteiger partial charge is 0.394 e. The monoisotopic (exact) mass is 462 g/mol. The highest BCUT2D eigenvalue weighted by Gasteiger charge is 2.32. The van der Waals surface area contributed by atoms with Gasteiger partial charge in [-0.2, -0.15) is 5.10 Å². The maximum Gasteiger partial charge on any atom is 0.322 e. The van der Waals surface area contributed by atoms with E-state index in [4.69, 9.17) is 0 Å². The fraction of sp³-hybridized carbons (Fsp3) is 0.400. The van der Waals surface area contributed by atoms with Crippen molar-refractivity contribution in [2.24, 2.45) is 0 Å². The number of aryl methyl sites for hydroxylation is 1. The minimum atomic E-state index is -0.377. The number of rotatable bonds is 5. The normalized spacial score (nSPS) is 17.4. The highest BCUT2D eigenvalue weighted by Crippen LogP contribution is 2.27. The molecule has 0 spiro atoms. The van der Waals surface area contributed by atoms with E-state index in [1.54, 1.807) is 11.1 Å². The van der Waals surface area contributed by atoms with Crippen molar-refractivity contribution < 1.29 is 14.7 Å². The van der Waals surface area contributed by atoms with Gasteiger partial charge in [-0.05, 0) is 55.0 Å². The topological polar surface area (TPSA) is 114 Å². The molecule has 0 unspecified atom stereocenters. The summed E-state index contributed by atoms with van der Waals surface area (Å²) in [6, 6.07) is 11.4. The number of aliphatic hydroxyl groups is 1. The van der Waals surface area contributed by atoms with Crippen molar-refractivity contribution in [3.05, 3.63) is 59.3 Å². The lowest BCUT2D eigenvalue weighted by atomic mass is 10.0. The minimum Gasteiger partial charge on any atom is -0.394 e. The average Bonchev–Trinajstić information content (AvgIpc) is 3.32. The van der Waals surface area contributed by atoms with Crippen LogP contribution in [-0.2, 0) is 13.0 Å². The van der Waals surface area contributed by atoms with Gasteiger partial charge in [0.1, 0.15) is 0 Å². The first-order chi connectivity index (χ1) is 16.5. The molecule has 1 saturated heterocycles. The standard InChI is InChI=1S/C25H30N6O3/c1-16-10-17(11-19-13-26-29-23(16)19)12-20(15-32)27-24(33)30-8-6-21(7-9-30)31-14-18-4-2-3-5-22(18)28-25(31)34/h2-5,10-11,13,20-21,32H,6-9,12,14-15H2,1H3,(H,26,29)(H,27,33)(H,28,34)/t20-/m1/s1. The van der Waals surface area contributed by atoms with Crippen molar-refractivity contribution in [1.82, 2.24) is 25.3 Å². The van der Waals surface area contributed by atoms with E-state index in [1.165, 1.54) is 0 Å². The Morgan fingerprint density at radius 2 is 2.06 bits per heavy atom. The maximum atomic E-state index is 12.9. The first kappa shape index (κ1) is 22.2. The zero-order valence-corrected chi connectivity index (χ0v) is 19.3. The van der Waals surface area contributed by atoms with Gasteiger partial charge in [0.15, 0.2) is 0 Å². The summed E-state index contributed by atoms with van der Waals surface area (Å²) in [6.45, 7) is 3.60. The van der Waals surface area contributed by atoms with Crippen LogP contribution in [-0.4, -0.2) is 68.9 Å². The van der Waals surface area contributed by atoms with Crippen molar-refractivity contribution in [3.8, 4) is 0 Å². The predicted octanol–water partition coefficient (Wildman–Crippen LogP) is 3.00. The highest BCUT2D eigenvalue weighted by atomic mass is 16.3. The van der Waals surface area contributed by atoms with Crippen molar-refractivity contribution in [3.63, 3.8) is 0 Å². The van der Waals surface area contributed by atoms with Gasteiger partial charge in [-0.25, -0.2) is 9.59 Å². The van der Waals surface area contributed by atoms with Gasteiger partial charge in [-0.1, -0.05) is 24.3 Å². The van der Waals surface area contributed by atoms with Crippen LogP contribution in [0.4, 0.5) is 15.3 Å². The first-order valence-electron chi connectivity index (χ1n) is 11.8. The Bertz CT molecular complexity index is 1200. The number of likely N-dealkylation sites (tertiary alicyclic amines) is 1. The van der Waals surface area contributed by atoms with Crippen LogP contribution in [0.1, 0.15) is 29.5 Å². The average molecular weight is 463 g/mol. The number of aromatic nitrogens is 2. The van der Waals surface area contributed by atoms with E-state index < -0.39 is 0 Å². The Morgan fingerprint density at radius 3 is 2.85 bits per heavy atom. The van der Waals surface area contributed by atoms with Gasteiger partial charge in [0.25, 0.3) is 0 Å². The van der Waals surface area contributed by atoms with Gasteiger partial charge in [0.05, 0.1) is 24.4 Å². The second-order valence-electron chi connectivity index (χ2n) is 9.21. The smallest absolute Gasteiger partial charge is 0.322 e. The highest BCUT2D eigenvalue weighted by molar-refractivity contribution is 5.92. The minimum absolute atomic E-state index is 0.0770. The summed E-state index contributed by atoms with van der Waals surface area (Å²) in [5, 5.41) is 23.9. The quantitative estimate of drug-likeness (QED) is 0.467. The summed E-state index contributed by atoms with van der Waals surface area (Å²) in [7, 11) is 0. The number of nitrogens with one attached hydrogen (secondary N) is 3. The van der Waals surface area contributed by atoms with E-state index in [1.807, 2.05) is 42.2 Å². The van der Waals surface area contributed by atoms with E-state index >= 15 is 0 Å². The molecule has 178 valence electrons. The summed E-state index contributed by atoms with van der Waals surface area (Å²) in [5.41, 5.74) is 5.11. The zero-order chi connectivity index (χ0) is 23.7. The van der Waals surface area contributed by atoms with Crippen LogP contribution in [0.2, 0.25) is 0 Å². The molecule has 0 aliphatic carbocycles. The van der Waals surface area contributed by atoms with E-state index in [2.05, 4.69) is 26.9 Å². The van der Waals surface area contributed by atoms with Crippen LogP contribution < -0.4 is 10.6 Å². The maximum absolute atomic E-state index is 12.9. The molecule has 9 heteroatoms. The number of piperidine rings is 1. The van der Waals surface area contributed by atoms with E-state index in [0.29, 0.717) is 26.1 Å². The first-order valence-corrected chi connectivity index (χ1v) is 11.8. The van der Waals surface area contributed by atoms with Crippen LogP contribution in [0.25, 0.3) is 10.9 Å². The second kappa shape index (κ2) is 9.34. The molecule has 0 bridgehead atoms. The van der Waals surface area contributed by atoms with Gasteiger partial charge >= 0.3 is 12.1 Å². The van der Waals surface area contributed by atoms with Crippen LogP contribution in [0.3, 0.4) is 0 Å². The number of hydrogen-bond acceptors (Lipinski definition) is 4. The molecule has 0 saturated carbocycles. The van der Waals surface area contributed by atoms with Gasteiger partial charge in [0, 0.05) is 36.7 Å². The summed E-state index contributed by atoms with van der Waals surface area (Å²) in [5.74, 6) is 0. The number of urea groups is 2. The number of nitrogens with zero attached hydrogens (tertiary/aromatic N) is 3. The van der Waals surface area contributed by atoms with Gasteiger partial charge < -0.3 is 25.5 Å². The van der Waals surface area contributed by atoms with Crippen molar-refractivity contribution >= 4 is 28.7 Å². The molecule has 5 rings (SSSR count). The third kappa shape index (κ3) is 4.43. The summed E-state index contributed by atoms with van der Waals surface area (Å²) >= 11 is 0. The third-order valence-electron chi connectivity index (χ3n) is 6.89. The van der Waals surface area contributed by atoms with Crippen LogP contribution in [0.15, 0.2) is 42.6 Å². The number of aromatic amines is 1. The lowest BCUT2D eigenvalue weighted by molar-refractivity contribution is 0.125. The Hall–Kier alpha value is -3.59. The lowest BCUT2D eigenvalue weighted by Crippen LogP contribution is -2.54. The molecule has 2 aliphatic heterocycles. The van der Waals surface area contributed by atoms with Crippen LogP contribution in [0.5, 0.6) is 0 Å². The number of carbonyl (C=O) groups excluding carboxylic acids is 2. The molecule has 3 aromatic rings. The van der Waals surface area contributed by atoms with Crippen molar-refractivity contribution in [2.45, 2.75) is 44.8 Å². The molecule has 1 fully saturated rings. The predicted molar refractivity (Wildman–Crippen MR) is 130 cm³/mol. The van der Waals surface area contributed by atoms with Gasteiger partial charge in [-0.3, -0.25) is 5.10 Å². The molecule has 1 atom stereocenters. The zero-order valence-electron chi connectivity index (χ0n) is 19.3. The molecular formula is C25H30N6O3. The number of hydrogen-bond donors (Lipinski definition) is 4. The fourth-order valence-electron chi connectivity index (χ4n) is 5.04. The number of amides is 4. The number of fused-ring (bicyclic) bond motifs is 2. The Morgan fingerprint density at radius 1 is 1.26 bits per heavy atom. The summed E-state index contributed by atoms with van der Waals surface area (Å²) in [4.78, 5) is 29.2. The Kier molecular flexibility index (Phi) is 6.10. The molecule has 4 N–H and O–H groups in total. The summed E-state index contributed by atoms with van der Waals surface area (Å²) in [6.07, 6.45) is 3.77. The molecule has 2 aliphatic rings. The molecule has 1 aromatic heterocycles. The van der Waals surface area contributed by atoms with Gasteiger partial charge in [0.2, 0.25) is 0 Å². The molecular weight excluding hydrogens is 432 g/mol. The van der Waals surface area contributed by atoms with E-state index in [9.17, 15) is 14.7 Å². The third-order valence-corrected chi connectivity index (χ3v) is 6.89. The summed E-state index contributed by atoms with van der Waals surface area (Å²) < 4.78 is 0. The van der Waals surface area contributed by atoms with E-state index in [-0.39, 0.29) is 30.8 Å². The molecule has 34 heavy (non-hydrogen) atoms. The van der Waals surface area contributed by atoms with Crippen molar-refractivity contribution in [1.29, 1.82) is 0 Å². The molecule has 9 nitrogen and oxygen atoms in total. The van der Waals surface area contributed by atoms with Crippen LogP contribution >= 0.6 is 0 Å². The second-order valence-corrected chi connectivity index (χ2v) is 9.21. The number of carbonyl (C=O) groups is 2. The SMILES string of the molecule is Cc1cc(C[C@H](CO)NC(=O)N2CCC(N3Cc4ccccc4NC3=O)CC2)cc2cn[nH]c12. The van der Waals surface area contributed by atoms with Crippen molar-refractivity contribution in [2.75, 3.05) is 25.0 Å². The number of para-hydroxylation sites is 1. The number of benzene rings is 2. The molecule has 4 amide bonds. The molecule has 2 aromatic carbocycles. The fourth-order valence-corrected chi connectivity index (χ4v) is 5.04. The number of aliphatic hydroxyl groups excluding tert-OH is 1. The number of H-pyrrole nitrogens is 1. The van der Waals surface area contributed by atoms with E-state index in [0.717, 1.165) is 46.1 Å². The Labute approximate surface area is 198 Å². The van der Waals surface area contributed by atoms with Gasteiger partial charge in [-0.15, -0.1) is 0 Å².